The van der Waals surface area contributed by atoms with Gasteiger partial charge in [0.15, 0.2) is 0 Å². The highest BCUT2D eigenvalue weighted by Crippen LogP contribution is 2.07. The Balaban J connectivity index is 1.89. The number of hydrogen-bond donors (Lipinski definition) is 1. The van der Waals surface area contributed by atoms with Gasteiger partial charge in [0, 0.05) is 44.5 Å². The Bertz CT molecular complexity index is 679. The van der Waals surface area contributed by atoms with Gasteiger partial charge in [-0.15, -0.1) is 0 Å². The van der Waals surface area contributed by atoms with Crippen molar-refractivity contribution in [3.63, 3.8) is 0 Å². The summed E-state index contributed by atoms with van der Waals surface area (Å²) in [6.07, 6.45) is 1.83. The molecule has 2 aromatic rings. The molecule has 0 radical (unpaired) electrons. The lowest BCUT2D eigenvalue weighted by Gasteiger charge is -2.31. The molecule has 3 heterocycles. The Morgan fingerprint density at radius 2 is 2.30 bits per heavy atom. The summed E-state index contributed by atoms with van der Waals surface area (Å²) < 4.78 is 1.61. The number of fused-ring (bicyclic) bond motifs is 1. The molecule has 1 aliphatic heterocycles. The molecule has 5 nitrogen and oxygen atoms in total. The molecular weight excluding hydrogens is 252 g/mol. The molecule has 1 atom stereocenters. The average molecular weight is 272 g/mol. The molecule has 1 fully saturated rings. The Hall–Kier alpha value is -1.72. The van der Waals surface area contributed by atoms with E-state index in [9.17, 15) is 4.79 Å². The quantitative estimate of drug-likeness (QED) is 0.878. The number of pyridine rings is 1. The first-order valence-corrected chi connectivity index (χ1v) is 7.06. The Kier molecular flexibility index (Phi) is 3.54. The van der Waals surface area contributed by atoms with Gasteiger partial charge in [0.05, 0.1) is 5.69 Å². The average Bonchev–Trinajstić information content (AvgIpc) is 2.40. The maximum Gasteiger partial charge on any atom is 0.258 e. The first kappa shape index (κ1) is 13.3. The van der Waals surface area contributed by atoms with Crippen LogP contribution in [0.4, 0.5) is 0 Å². The third-order valence-electron chi connectivity index (χ3n) is 3.70. The van der Waals surface area contributed by atoms with Crippen molar-refractivity contribution in [2.45, 2.75) is 26.4 Å². The second-order valence-electron chi connectivity index (χ2n) is 5.61. The Morgan fingerprint density at radius 1 is 1.45 bits per heavy atom. The summed E-state index contributed by atoms with van der Waals surface area (Å²) in [5, 5.41) is 3.42. The van der Waals surface area contributed by atoms with E-state index in [0.717, 1.165) is 43.1 Å². The van der Waals surface area contributed by atoms with E-state index in [1.165, 1.54) is 0 Å². The summed E-state index contributed by atoms with van der Waals surface area (Å²) in [4.78, 5) is 19.1. The highest BCUT2D eigenvalue weighted by Gasteiger charge is 2.16. The zero-order chi connectivity index (χ0) is 14.1. The van der Waals surface area contributed by atoms with Gasteiger partial charge >= 0.3 is 0 Å². The van der Waals surface area contributed by atoms with Gasteiger partial charge in [-0.25, -0.2) is 4.98 Å². The molecule has 0 saturated carbocycles. The number of rotatable bonds is 2. The van der Waals surface area contributed by atoms with Crippen LogP contribution in [0.5, 0.6) is 0 Å². The summed E-state index contributed by atoms with van der Waals surface area (Å²) >= 11 is 0. The van der Waals surface area contributed by atoms with Crippen molar-refractivity contribution in [1.29, 1.82) is 0 Å². The lowest BCUT2D eigenvalue weighted by Crippen LogP contribution is -2.48. The number of nitrogens with zero attached hydrogens (tertiary/aromatic N) is 3. The maximum atomic E-state index is 12.1. The second-order valence-corrected chi connectivity index (χ2v) is 5.61. The van der Waals surface area contributed by atoms with Crippen LogP contribution in [-0.4, -0.2) is 40.0 Å². The van der Waals surface area contributed by atoms with E-state index < -0.39 is 0 Å². The van der Waals surface area contributed by atoms with Crippen LogP contribution in [0.25, 0.3) is 5.65 Å². The van der Waals surface area contributed by atoms with Gasteiger partial charge in [-0.2, -0.15) is 0 Å². The Morgan fingerprint density at radius 3 is 3.10 bits per heavy atom. The zero-order valence-corrected chi connectivity index (χ0v) is 12.0. The predicted molar refractivity (Wildman–Crippen MR) is 78.9 cm³/mol. The van der Waals surface area contributed by atoms with Crippen LogP contribution in [-0.2, 0) is 6.54 Å². The fraction of sp³-hybridized carbons (Fsp3) is 0.467. The molecule has 1 N–H and O–H groups in total. The van der Waals surface area contributed by atoms with Gasteiger partial charge in [0.25, 0.3) is 5.56 Å². The van der Waals surface area contributed by atoms with Gasteiger partial charge in [-0.1, -0.05) is 6.07 Å². The third kappa shape index (κ3) is 2.73. The van der Waals surface area contributed by atoms with Crippen LogP contribution in [0.15, 0.2) is 29.2 Å². The number of piperazine rings is 1. The second kappa shape index (κ2) is 5.34. The van der Waals surface area contributed by atoms with Crippen molar-refractivity contribution >= 4 is 5.65 Å². The van der Waals surface area contributed by atoms with Crippen molar-refractivity contribution in [3.05, 3.63) is 46.0 Å². The lowest BCUT2D eigenvalue weighted by molar-refractivity contribution is 0.197. The van der Waals surface area contributed by atoms with Crippen LogP contribution in [0.2, 0.25) is 0 Å². The Labute approximate surface area is 118 Å². The molecule has 0 spiro atoms. The van der Waals surface area contributed by atoms with Crippen LogP contribution >= 0.6 is 0 Å². The summed E-state index contributed by atoms with van der Waals surface area (Å²) in [5.41, 5.74) is 2.64. The number of aromatic nitrogens is 2. The number of aryl methyl sites for hydroxylation is 1. The molecule has 0 amide bonds. The van der Waals surface area contributed by atoms with Crippen LogP contribution < -0.4 is 10.9 Å². The van der Waals surface area contributed by atoms with Gasteiger partial charge in [0.2, 0.25) is 0 Å². The van der Waals surface area contributed by atoms with Crippen LogP contribution in [0.3, 0.4) is 0 Å². The van der Waals surface area contributed by atoms with Gasteiger partial charge in [-0.05, 0) is 25.5 Å². The lowest BCUT2D eigenvalue weighted by atomic mass is 10.2. The molecular formula is C15H20N4O. The first-order valence-electron chi connectivity index (χ1n) is 7.06. The minimum Gasteiger partial charge on any atom is -0.312 e. The van der Waals surface area contributed by atoms with Crippen LogP contribution in [0.1, 0.15) is 18.2 Å². The smallest absolute Gasteiger partial charge is 0.258 e. The van der Waals surface area contributed by atoms with E-state index in [2.05, 4.69) is 22.1 Å². The zero-order valence-electron chi connectivity index (χ0n) is 12.0. The molecule has 1 aliphatic rings. The first-order chi connectivity index (χ1) is 9.61. The molecule has 0 unspecified atom stereocenters. The fourth-order valence-electron chi connectivity index (χ4n) is 2.72. The number of nitrogens with one attached hydrogen (secondary N) is 1. The molecule has 20 heavy (non-hydrogen) atoms. The van der Waals surface area contributed by atoms with E-state index in [4.69, 9.17) is 0 Å². The largest absolute Gasteiger partial charge is 0.312 e. The van der Waals surface area contributed by atoms with Gasteiger partial charge < -0.3 is 5.32 Å². The fourth-order valence-corrected chi connectivity index (χ4v) is 2.72. The highest BCUT2D eigenvalue weighted by molar-refractivity contribution is 5.39. The molecule has 0 aromatic carbocycles. The summed E-state index contributed by atoms with van der Waals surface area (Å²) in [7, 11) is 0. The van der Waals surface area contributed by atoms with Crippen LogP contribution in [0, 0.1) is 6.92 Å². The van der Waals surface area contributed by atoms with Gasteiger partial charge in [-0.3, -0.25) is 14.1 Å². The van der Waals surface area contributed by atoms with E-state index in [-0.39, 0.29) is 5.56 Å². The molecule has 0 aliphatic carbocycles. The predicted octanol–water partition coefficient (Wildman–Crippen LogP) is 0.797. The molecule has 0 bridgehead atoms. The summed E-state index contributed by atoms with van der Waals surface area (Å²) in [6.45, 7) is 7.88. The summed E-state index contributed by atoms with van der Waals surface area (Å²) in [6, 6.07) is 6.03. The third-order valence-corrected chi connectivity index (χ3v) is 3.70. The monoisotopic (exact) mass is 272 g/mol. The molecule has 5 heteroatoms. The van der Waals surface area contributed by atoms with Gasteiger partial charge in [0.1, 0.15) is 5.65 Å². The maximum absolute atomic E-state index is 12.1. The van der Waals surface area contributed by atoms with E-state index >= 15 is 0 Å². The van der Waals surface area contributed by atoms with Crippen molar-refractivity contribution in [2.24, 2.45) is 0 Å². The molecule has 1 saturated heterocycles. The van der Waals surface area contributed by atoms with Crippen molar-refractivity contribution in [2.75, 3.05) is 19.6 Å². The number of hydrogen-bond acceptors (Lipinski definition) is 4. The van der Waals surface area contributed by atoms with Crippen molar-refractivity contribution in [3.8, 4) is 0 Å². The standard InChI is InChI=1S/C15H20N4O/c1-11-3-4-14-17-13(7-15(20)19(14)8-11)10-18-6-5-16-12(2)9-18/h3-4,7-8,12,16H,5-6,9-10H2,1-2H3/t12-/m0/s1. The normalized spacial score (nSPS) is 20.4. The molecule has 2 aromatic heterocycles. The van der Waals surface area contributed by atoms with E-state index in [0.29, 0.717) is 6.04 Å². The molecule has 106 valence electrons. The minimum absolute atomic E-state index is 0.00289. The highest BCUT2D eigenvalue weighted by atomic mass is 16.1. The van der Waals surface area contributed by atoms with E-state index in [1.807, 2.05) is 25.3 Å². The minimum atomic E-state index is -0.00289. The topological polar surface area (TPSA) is 49.6 Å². The van der Waals surface area contributed by atoms with E-state index in [1.54, 1.807) is 10.5 Å². The summed E-state index contributed by atoms with van der Waals surface area (Å²) in [5.74, 6) is 0. The van der Waals surface area contributed by atoms with Crippen molar-refractivity contribution < 1.29 is 0 Å². The van der Waals surface area contributed by atoms with Crippen molar-refractivity contribution in [1.82, 2.24) is 19.6 Å². The molecule has 3 rings (SSSR count). The SMILES string of the molecule is Cc1ccc2nc(CN3CCN[C@@H](C)C3)cc(=O)n2c1.